The molecular weight excluding hydrogens is 206 g/mol. The van der Waals surface area contributed by atoms with E-state index in [2.05, 4.69) is 5.32 Å². The van der Waals surface area contributed by atoms with Gasteiger partial charge >= 0.3 is 0 Å². The Kier molecular flexibility index (Phi) is 8.07. The third kappa shape index (κ3) is 11.8. The first-order chi connectivity index (χ1) is 6.56. The van der Waals surface area contributed by atoms with Crippen LogP contribution in [-0.4, -0.2) is 45.5 Å². The van der Waals surface area contributed by atoms with Crippen LogP contribution in [0.3, 0.4) is 0 Å². The minimum Gasteiger partial charge on any atom is -0.385 e. The monoisotopic (exact) mass is 225 g/mol. The Balaban J connectivity index is 3.07. The summed E-state index contributed by atoms with van der Waals surface area (Å²) in [7, 11) is -2.11. The number of nitrogens with one attached hydrogen (secondary N) is 1. The van der Waals surface area contributed by atoms with Crippen LogP contribution in [0.4, 0.5) is 0 Å². The summed E-state index contributed by atoms with van der Waals surface area (Å²) < 4.78 is 33.9. The van der Waals surface area contributed by atoms with E-state index in [4.69, 9.17) is 9.29 Å². The highest BCUT2D eigenvalue weighted by Crippen LogP contribution is 1.92. The Morgan fingerprint density at radius 1 is 1.21 bits per heavy atom. The van der Waals surface area contributed by atoms with Gasteiger partial charge in [-0.25, -0.2) is 0 Å². The maximum Gasteiger partial charge on any atom is 0.264 e. The summed E-state index contributed by atoms with van der Waals surface area (Å²) in [6.45, 7) is 2.39. The summed E-state index contributed by atoms with van der Waals surface area (Å²) in [5, 5.41) is 3.15. The molecule has 0 radical (unpaired) electrons. The van der Waals surface area contributed by atoms with E-state index in [0.717, 1.165) is 32.5 Å². The second kappa shape index (κ2) is 8.16. The van der Waals surface area contributed by atoms with Crippen molar-refractivity contribution in [1.82, 2.24) is 5.32 Å². The molecule has 14 heavy (non-hydrogen) atoms. The number of methoxy groups -OCH3 is 1. The molecule has 0 saturated carbocycles. The highest BCUT2D eigenvalue weighted by molar-refractivity contribution is 7.85. The van der Waals surface area contributed by atoms with E-state index in [9.17, 15) is 8.42 Å². The van der Waals surface area contributed by atoms with Crippen molar-refractivity contribution in [2.24, 2.45) is 0 Å². The number of hydrogen-bond acceptors (Lipinski definition) is 4. The number of ether oxygens (including phenoxy) is 1. The molecular formula is C8H19NO4S. The first kappa shape index (κ1) is 13.8. The average molecular weight is 225 g/mol. The Bertz CT molecular complexity index is 215. The lowest BCUT2D eigenvalue weighted by Gasteiger charge is -2.03. The maximum absolute atomic E-state index is 10.3. The molecule has 0 atom stereocenters. The molecule has 0 bridgehead atoms. The summed E-state index contributed by atoms with van der Waals surface area (Å²) in [4.78, 5) is 0. The molecule has 0 rings (SSSR count). The molecule has 6 heteroatoms. The highest BCUT2D eigenvalue weighted by Gasteiger charge is 2.02. The molecule has 0 fully saturated rings. The molecule has 0 heterocycles. The summed E-state index contributed by atoms with van der Waals surface area (Å²) in [5.41, 5.74) is 0. The fraction of sp³-hybridized carbons (Fsp3) is 1.00. The highest BCUT2D eigenvalue weighted by atomic mass is 32.2. The van der Waals surface area contributed by atoms with Crippen LogP contribution in [-0.2, 0) is 14.9 Å². The normalized spacial score (nSPS) is 11.9. The van der Waals surface area contributed by atoms with Crippen LogP contribution >= 0.6 is 0 Å². The summed E-state index contributed by atoms with van der Waals surface area (Å²) in [6, 6.07) is 0. The van der Waals surface area contributed by atoms with Crippen molar-refractivity contribution in [3.05, 3.63) is 0 Å². The molecule has 0 spiro atoms. The van der Waals surface area contributed by atoms with Crippen LogP contribution in [0.15, 0.2) is 0 Å². The molecule has 0 aromatic heterocycles. The average Bonchev–Trinajstić information content (AvgIpc) is 2.08. The minimum absolute atomic E-state index is 0.146. The molecule has 2 N–H and O–H groups in total. The minimum atomic E-state index is -3.77. The third-order valence-corrected chi connectivity index (χ3v) is 2.51. The lowest BCUT2D eigenvalue weighted by atomic mass is 10.3. The SMILES string of the molecule is COCCCNCCCCS(=O)(=O)O. The predicted molar refractivity (Wildman–Crippen MR) is 55.0 cm³/mol. The molecule has 0 unspecified atom stereocenters. The van der Waals surface area contributed by atoms with Gasteiger partial charge in [-0.3, -0.25) is 4.55 Å². The van der Waals surface area contributed by atoms with E-state index in [1.165, 1.54) is 0 Å². The number of hydrogen-bond donors (Lipinski definition) is 2. The van der Waals surface area contributed by atoms with Crippen molar-refractivity contribution in [3.8, 4) is 0 Å². The van der Waals surface area contributed by atoms with E-state index in [0.29, 0.717) is 6.42 Å². The molecule has 0 aromatic rings. The van der Waals surface area contributed by atoms with Gasteiger partial charge in [-0.05, 0) is 32.4 Å². The molecule has 0 aliphatic rings. The van der Waals surface area contributed by atoms with Crippen LogP contribution in [0.25, 0.3) is 0 Å². The first-order valence-corrected chi connectivity index (χ1v) is 6.32. The zero-order chi connectivity index (χ0) is 10.9. The van der Waals surface area contributed by atoms with E-state index < -0.39 is 10.1 Å². The van der Waals surface area contributed by atoms with Gasteiger partial charge in [0.2, 0.25) is 0 Å². The van der Waals surface area contributed by atoms with E-state index >= 15 is 0 Å². The Hall–Kier alpha value is -0.170. The summed E-state index contributed by atoms with van der Waals surface area (Å²) in [5.74, 6) is -0.146. The molecule has 0 saturated heterocycles. The first-order valence-electron chi connectivity index (χ1n) is 4.71. The van der Waals surface area contributed by atoms with Crippen molar-refractivity contribution in [3.63, 3.8) is 0 Å². The lowest BCUT2D eigenvalue weighted by molar-refractivity contribution is 0.194. The smallest absolute Gasteiger partial charge is 0.264 e. The zero-order valence-corrected chi connectivity index (χ0v) is 9.35. The fourth-order valence-corrected chi connectivity index (χ4v) is 1.57. The Morgan fingerprint density at radius 2 is 1.86 bits per heavy atom. The molecule has 0 aliphatic heterocycles. The Morgan fingerprint density at radius 3 is 2.43 bits per heavy atom. The quantitative estimate of drug-likeness (QED) is 0.435. The van der Waals surface area contributed by atoms with Gasteiger partial charge < -0.3 is 10.1 Å². The topological polar surface area (TPSA) is 75.6 Å². The van der Waals surface area contributed by atoms with Crippen LogP contribution in [0.2, 0.25) is 0 Å². The van der Waals surface area contributed by atoms with Gasteiger partial charge in [0.25, 0.3) is 10.1 Å². The van der Waals surface area contributed by atoms with Gasteiger partial charge in [-0.15, -0.1) is 0 Å². The second-order valence-corrected chi connectivity index (χ2v) is 4.66. The van der Waals surface area contributed by atoms with Crippen molar-refractivity contribution < 1.29 is 17.7 Å². The van der Waals surface area contributed by atoms with Crippen LogP contribution in [0, 0.1) is 0 Å². The van der Waals surface area contributed by atoms with Crippen LogP contribution in [0.1, 0.15) is 19.3 Å². The summed E-state index contributed by atoms with van der Waals surface area (Å²) >= 11 is 0. The van der Waals surface area contributed by atoms with Gasteiger partial charge in [0, 0.05) is 13.7 Å². The van der Waals surface area contributed by atoms with Crippen molar-refractivity contribution in [2.75, 3.05) is 32.6 Å². The molecule has 86 valence electrons. The maximum atomic E-state index is 10.3. The lowest BCUT2D eigenvalue weighted by Crippen LogP contribution is -2.18. The molecule has 0 aliphatic carbocycles. The Labute approximate surface area is 85.6 Å². The second-order valence-electron chi connectivity index (χ2n) is 3.09. The number of unbranched alkanes of at least 4 members (excludes halogenated alkanes) is 1. The molecule has 0 aromatic carbocycles. The van der Waals surface area contributed by atoms with Gasteiger partial charge in [0.05, 0.1) is 5.75 Å². The van der Waals surface area contributed by atoms with Gasteiger partial charge in [-0.1, -0.05) is 0 Å². The summed E-state index contributed by atoms with van der Waals surface area (Å²) in [6.07, 6.45) is 2.21. The molecule has 0 amide bonds. The fourth-order valence-electron chi connectivity index (χ4n) is 1.00. The zero-order valence-electron chi connectivity index (χ0n) is 8.53. The van der Waals surface area contributed by atoms with Crippen molar-refractivity contribution >= 4 is 10.1 Å². The van der Waals surface area contributed by atoms with Gasteiger partial charge in [0.1, 0.15) is 0 Å². The van der Waals surface area contributed by atoms with E-state index in [-0.39, 0.29) is 5.75 Å². The van der Waals surface area contributed by atoms with Gasteiger partial charge in [0.15, 0.2) is 0 Å². The number of rotatable bonds is 9. The van der Waals surface area contributed by atoms with Crippen molar-refractivity contribution in [2.45, 2.75) is 19.3 Å². The molecule has 5 nitrogen and oxygen atoms in total. The van der Waals surface area contributed by atoms with Crippen LogP contribution in [0.5, 0.6) is 0 Å². The van der Waals surface area contributed by atoms with E-state index in [1.807, 2.05) is 0 Å². The standard InChI is InChI=1S/C8H19NO4S/c1-13-7-4-6-9-5-2-3-8-14(10,11)12/h9H,2-8H2,1H3,(H,10,11,12). The van der Waals surface area contributed by atoms with Crippen LogP contribution < -0.4 is 5.32 Å². The third-order valence-electron chi connectivity index (χ3n) is 1.71. The van der Waals surface area contributed by atoms with Crippen molar-refractivity contribution in [1.29, 1.82) is 0 Å². The van der Waals surface area contributed by atoms with E-state index in [1.54, 1.807) is 7.11 Å². The predicted octanol–water partition coefficient (Wildman–Crippen LogP) is 0.281. The van der Waals surface area contributed by atoms with Gasteiger partial charge in [-0.2, -0.15) is 8.42 Å². The largest absolute Gasteiger partial charge is 0.385 e.